The summed E-state index contributed by atoms with van der Waals surface area (Å²) in [4.78, 5) is 11.7. The summed E-state index contributed by atoms with van der Waals surface area (Å²) in [5.74, 6) is -0.612. The molecule has 1 aromatic rings. The maximum absolute atomic E-state index is 11.7. The second kappa shape index (κ2) is 7.02. The number of ether oxygens (including phenoxy) is 3. The number of benzene rings is 1. The number of carbonyl (C=O) groups excluding carboxylic acids is 1. The summed E-state index contributed by atoms with van der Waals surface area (Å²) in [6.45, 7) is 4.66. The molecule has 2 rings (SSSR count). The van der Waals surface area contributed by atoms with Crippen molar-refractivity contribution in [1.82, 2.24) is 0 Å². The third kappa shape index (κ3) is 4.15. The Bertz CT molecular complexity index is 563. The first-order chi connectivity index (χ1) is 10.1. The Morgan fingerprint density at radius 3 is 2.48 bits per heavy atom. The molecule has 1 aliphatic rings. The van der Waals surface area contributed by atoms with Crippen LogP contribution < -0.4 is 0 Å². The zero-order chi connectivity index (χ0) is 15.2. The molecule has 0 saturated carbocycles. The van der Waals surface area contributed by atoms with E-state index in [2.05, 4.69) is 0 Å². The van der Waals surface area contributed by atoms with Crippen molar-refractivity contribution >= 4 is 12.0 Å². The smallest absolute Gasteiger partial charge is 0.349 e. The summed E-state index contributed by atoms with van der Waals surface area (Å²) in [6.07, 6.45) is 0.919. The highest BCUT2D eigenvalue weighted by Gasteiger charge is 2.18. The Hall–Kier alpha value is -2.16. The molecule has 1 saturated heterocycles. The second-order valence-electron chi connectivity index (χ2n) is 4.86. The number of nitriles is 1. The number of hydrogen-bond donors (Lipinski definition) is 0. The van der Waals surface area contributed by atoms with E-state index in [1.165, 1.54) is 6.08 Å². The molecule has 0 radical (unpaired) electrons. The summed E-state index contributed by atoms with van der Waals surface area (Å²) in [6, 6.07) is 9.18. The summed E-state index contributed by atoms with van der Waals surface area (Å²) in [5, 5.41) is 9.04. The van der Waals surface area contributed by atoms with Crippen LogP contribution in [0.15, 0.2) is 29.8 Å². The van der Waals surface area contributed by atoms with Gasteiger partial charge in [-0.2, -0.15) is 5.26 Å². The minimum atomic E-state index is -0.612. The third-order valence-electron chi connectivity index (χ3n) is 2.82. The van der Waals surface area contributed by atoms with Gasteiger partial charge in [-0.15, -0.1) is 0 Å². The fourth-order valence-corrected chi connectivity index (χ4v) is 1.88. The molecule has 5 nitrogen and oxygen atoms in total. The Morgan fingerprint density at radius 2 is 1.95 bits per heavy atom. The van der Waals surface area contributed by atoms with Gasteiger partial charge in [0.1, 0.15) is 11.6 Å². The van der Waals surface area contributed by atoms with Gasteiger partial charge >= 0.3 is 5.97 Å². The molecule has 0 atom stereocenters. The maximum atomic E-state index is 11.7. The summed E-state index contributed by atoms with van der Waals surface area (Å²) >= 11 is 0. The van der Waals surface area contributed by atoms with Crippen molar-refractivity contribution in [2.45, 2.75) is 26.2 Å². The molecule has 0 aromatic heterocycles. The highest BCUT2D eigenvalue weighted by atomic mass is 16.7. The van der Waals surface area contributed by atoms with E-state index in [9.17, 15) is 4.79 Å². The van der Waals surface area contributed by atoms with Gasteiger partial charge in [-0.1, -0.05) is 24.3 Å². The molecule has 5 heteroatoms. The van der Waals surface area contributed by atoms with E-state index >= 15 is 0 Å². The standard InChI is InChI=1S/C16H17NO4/c1-11(2)21-15(18)14(10-17)9-12-3-5-13(6-4-12)16-19-7-8-20-16/h3-6,9,11,16H,7-8H2,1-2H3. The van der Waals surface area contributed by atoms with E-state index in [4.69, 9.17) is 19.5 Å². The molecule has 0 N–H and O–H groups in total. The number of carbonyl (C=O) groups is 1. The third-order valence-corrected chi connectivity index (χ3v) is 2.82. The summed E-state index contributed by atoms with van der Waals surface area (Å²) in [5.41, 5.74) is 1.63. The molecule has 0 bridgehead atoms. The van der Waals surface area contributed by atoms with Crippen LogP contribution in [0.2, 0.25) is 0 Å². The van der Waals surface area contributed by atoms with Gasteiger partial charge < -0.3 is 14.2 Å². The van der Waals surface area contributed by atoms with Crippen LogP contribution in [0.1, 0.15) is 31.3 Å². The Morgan fingerprint density at radius 1 is 1.33 bits per heavy atom. The molecule has 0 aliphatic carbocycles. The topological polar surface area (TPSA) is 68.6 Å². The van der Waals surface area contributed by atoms with Crippen LogP contribution in [0, 0.1) is 11.3 Å². The van der Waals surface area contributed by atoms with E-state index < -0.39 is 5.97 Å². The van der Waals surface area contributed by atoms with Gasteiger partial charge in [0.25, 0.3) is 0 Å². The van der Waals surface area contributed by atoms with Crippen LogP contribution in [-0.2, 0) is 19.0 Å². The zero-order valence-electron chi connectivity index (χ0n) is 12.0. The monoisotopic (exact) mass is 287 g/mol. The van der Waals surface area contributed by atoms with Gasteiger partial charge in [0, 0.05) is 5.56 Å². The lowest BCUT2D eigenvalue weighted by atomic mass is 10.1. The Balaban J connectivity index is 2.11. The molecule has 1 heterocycles. The van der Waals surface area contributed by atoms with E-state index in [1.54, 1.807) is 26.0 Å². The van der Waals surface area contributed by atoms with E-state index in [0.717, 1.165) is 11.1 Å². The quantitative estimate of drug-likeness (QED) is 0.483. The average molecular weight is 287 g/mol. The van der Waals surface area contributed by atoms with Crippen LogP contribution in [0.3, 0.4) is 0 Å². The molecule has 1 fully saturated rings. The molecule has 1 aliphatic heterocycles. The minimum absolute atomic E-state index is 0.0233. The first-order valence-corrected chi connectivity index (χ1v) is 6.76. The molecule has 0 amide bonds. The largest absolute Gasteiger partial charge is 0.459 e. The number of nitrogens with zero attached hydrogens (tertiary/aromatic N) is 1. The summed E-state index contributed by atoms with van der Waals surface area (Å²) < 4.78 is 15.8. The molecule has 110 valence electrons. The van der Waals surface area contributed by atoms with Crippen molar-refractivity contribution in [2.75, 3.05) is 13.2 Å². The van der Waals surface area contributed by atoms with Crippen LogP contribution >= 0.6 is 0 Å². The van der Waals surface area contributed by atoms with Gasteiger partial charge in [-0.25, -0.2) is 4.79 Å². The van der Waals surface area contributed by atoms with E-state index in [0.29, 0.717) is 13.2 Å². The lowest BCUT2D eigenvalue weighted by Gasteiger charge is -2.09. The van der Waals surface area contributed by atoms with Crippen molar-refractivity contribution < 1.29 is 19.0 Å². The predicted molar refractivity (Wildman–Crippen MR) is 75.9 cm³/mol. The van der Waals surface area contributed by atoms with Crippen molar-refractivity contribution in [2.24, 2.45) is 0 Å². The van der Waals surface area contributed by atoms with E-state index in [-0.39, 0.29) is 18.0 Å². The fraction of sp³-hybridized carbons (Fsp3) is 0.375. The van der Waals surface area contributed by atoms with Crippen molar-refractivity contribution in [3.05, 3.63) is 41.0 Å². The van der Waals surface area contributed by atoms with Gasteiger partial charge in [-0.3, -0.25) is 0 Å². The highest BCUT2D eigenvalue weighted by Crippen LogP contribution is 2.23. The maximum Gasteiger partial charge on any atom is 0.349 e. The Kier molecular flexibility index (Phi) is 5.09. The predicted octanol–water partition coefficient (Wildman–Crippen LogP) is 2.59. The van der Waals surface area contributed by atoms with E-state index in [1.807, 2.05) is 18.2 Å². The lowest BCUT2D eigenvalue weighted by molar-refractivity contribution is -0.142. The van der Waals surface area contributed by atoms with Crippen LogP contribution in [-0.4, -0.2) is 25.3 Å². The fourth-order valence-electron chi connectivity index (χ4n) is 1.88. The molecule has 0 unspecified atom stereocenters. The summed E-state index contributed by atoms with van der Waals surface area (Å²) in [7, 11) is 0. The van der Waals surface area contributed by atoms with Crippen LogP contribution in [0.5, 0.6) is 0 Å². The van der Waals surface area contributed by atoms with Gasteiger partial charge in [-0.05, 0) is 25.5 Å². The first kappa shape index (κ1) is 15.2. The molecular weight excluding hydrogens is 270 g/mol. The highest BCUT2D eigenvalue weighted by molar-refractivity contribution is 5.97. The molecule has 0 spiro atoms. The zero-order valence-corrected chi connectivity index (χ0v) is 12.0. The molecule has 21 heavy (non-hydrogen) atoms. The van der Waals surface area contributed by atoms with Crippen molar-refractivity contribution in [1.29, 1.82) is 5.26 Å². The van der Waals surface area contributed by atoms with Crippen LogP contribution in [0.25, 0.3) is 6.08 Å². The van der Waals surface area contributed by atoms with Gasteiger partial charge in [0.2, 0.25) is 0 Å². The number of rotatable bonds is 4. The lowest BCUT2D eigenvalue weighted by Crippen LogP contribution is -2.12. The number of esters is 1. The van der Waals surface area contributed by atoms with Gasteiger partial charge in [0.15, 0.2) is 6.29 Å². The first-order valence-electron chi connectivity index (χ1n) is 6.76. The van der Waals surface area contributed by atoms with Crippen molar-refractivity contribution in [3.63, 3.8) is 0 Å². The van der Waals surface area contributed by atoms with Gasteiger partial charge in [0.05, 0.1) is 19.3 Å². The second-order valence-corrected chi connectivity index (χ2v) is 4.86. The molecule has 1 aromatic carbocycles. The normalized spacial score (nSPS) is 16.0. The SMILES string of the molecule is CC(C)OC(=O)C(C#N)=Cc1ccc(C2OCCO2)cc1. The number of hydrogen-bond acceptors (Lipinski definition) is 5. The Labute approximate surface area is 123 Å². The van der Waals surface area contributed by atoms with Crippen LogP contribution in [0.4, 0.5) is 0 Å². The average Bonchev–Trinajstić information content (AvgIpc) is 2.98. The minimum Gasteiger partial charge on any atom is -0.459 e. The van der Waals surface area contributed by atoms with Crippen molar-refractivity contribution in [3.8, 4) is 6.07 Å². The molecular formula is C16H17NO4.